The van der Waals surface area contributed by atoms with Crippen LogP contribution in [0, 0.1) is 5.92 Å². The minimum atomic E-state index is 0.312. The molecule has 0 amide bonds. The van der Waals surface area contributed by atoms with Gasteiger partial charge in [-0.05, 0) is 72.6 Å². The largest absolute Gasteiger partial charge is 0.508 e. The van der Waals surface area contributed by atoms with Gasteiger partial charge in [-0.1, -0.05) is 54.6 Å². The van der Waals surface area contributed by atoms with E-state index in [-0.39, 0.29) is 0 Å². The Morgan fingerprint density at radius 1 is 0.560 bits per heavy atom. The Morgan fingerprint density at radius 2 is 1.04 bits per heavy atom. The Bertz CT molecular complexity index is 761. The zero-order valence-electron chi connectivity index (χ0n) is 14.3. The maximum absolute atomic E-state index is 9.48. The first-order valence-corrected chi connectivity index (χ1v) is 8.79. The van der Waals surface area contributed by atoms with Gasteiger partial charge < -0.3 is 10.2 Å². The topological polar surface area (TPSA) is 40.5 Å². The van der Waals surface area contributed by atoms with Crippen molar-refractivity contribution in [3.05, 3.63) is 95.6 Å². The first-order valence-electron chi connectivity index (χ1n) is 8.79. The zero-order valence-corrected chi connectivity index (χ0v) is 14.3. The quantitative estimate of drug-likeness (QED) is 0.629. The van der Waals surface area contributed by atoms with E-state index in [4.69, 9.17) is 0 Å². The van der Waals surface area contributed by atoms with Crippen molar-refractivity contribution < 1.29 is 10.2 Å². The predicted molar refractivity (Wildman–Crippen MR) is 102 cm³/mol. The van der Waals surface area contributed by atoms with Crippen molar-refractivity contribution in [2.75, 3.05) is 0 Å². The lowest BCUT2D eigenvalue weighted by atomic mass is 9.87. The van der Waals surface area contributed by atoms with Crippen molar-refractivity contribution >= 4 is 0 Å². The minimum Gasteiger partial charge on any atom is -0.508 e. The molecule has 2 N–H and O–H groups in total. The average molecular weight is 332 g/mol. The van der Waals surface area contributed by atoms with Crippen LogP contribution in [-0.4, -0.2) is 10.2 Å². The molecule has 2 nitrogen and oxygen atoms in total. The average Bonchev–Trinajstić information content (AvgIpc) is 2.64. The molecular weight excluding hydrogens is 308 g/mol. The van der Waals surface area contributed by atoms with Gasteiger partial charge in [0.05, 0.1) is 0 Å². The SMILES string of the molecule is Oc1ccc(CCC(Cc2ccccc2)Cc2ccc(O)cc2)cc1. The molecule has 0 aliphatic carbocycles. The van der Waals surface area contributed by atoms with Gasteiger partial charge in [-0.2, -0.15) is 0 Å². The van der Waals surface area contributed by atoms with E-state index in [9.17, 15) is 10.2 Å². The van der Waals surface area contributed by atoms with E-state index in [2.05, 4.69) is 30.3 Å². The summed E-state index contributed by atoms with van der Waals surface area (Å²) in [4.78, 5) is 0. The molecule has 0 fully saturated rings. The number of rotatable bonds is 7. The molecule has 0 heterocycles. The number of aromatic hydroxyl groups is 2. The van der Waals surface area contributed by atoms with Crippen molar-refractivity contribution in [1.29, 1.82) is 0 Å². The summed E-state index contributed by atoms with van der Waals surface area (Å²) in [7, 11) is 0. The number of hydrogen-bond acceptors (Lipinski definition) is 2. The van der Waals surface area contributed by atoms with E-state index in [1.165, 1.54) is 16.7 Å². The Labute approximate surface area is 149 Å². The molecular formula is C23H24O2. The third-order valence-corrected chi connectivity index (χ3v) is 4.61. The molecule has 3 aromatic carbocycles. The second kappa shape index (κ2) is 8.39. The first-order chi connectivity index (χ1) is 12.2. The summed E-state index contributed by atoms with van der Waals surface area (Å²) in [5, 5.41) is 18.9. The molecule has 0 aromatic heterocycles. The van der Waals surface area contributed by atoms with Crippen molar-refractivity contribution in [1.82, 2.24) is 0 Å². The highest BCUT2D eigenvalue weighted by molar-refractivity contribution is 5.28. The Morgan fingerprint density at radius 3 is 1.60 bits per heavy atom. The van der Waals surface area contributed by atoms with Crippen LogP contribution in [0.15, 0.2) is 78.9 Å². The maximum Gasteiger partial charge on any atom is 0.115 e. The van der Waals surface area contributed by atoms with Gasteiger partial charge in [0.25, 0.3) is 0 Å². The number of aryl methyl sites for hydroxylation is 1. The van der Waals surface area contributed by atoms with E-state index in [0.29, 0.717) is 17.4 Å². The second-order valence-electron chi connectivity index (χ2n) is 6.63. The summed E-state index contributed by atoms with van der Waals surface area (Å²) in [6.45, 7) is 0. The summed E-state index contributed by atoms with van der Waals surface area (Å²) >= 11 is 0. The molecule has 0 saturated carbocycles. The Hall–Kier alpha value is -2.74. The van der Waals surface area contributed by atoms with E-state index in [1.54, 1.807) is 24.3 Å². The first kappa shape index (κ1) is 17.1. The number of phenolic OH excluding ortho intramolecular Hbond substituents is 2. The molecule has 0 radical (unpaired) electrons. The van der Waals surface area contributed by atoms with Crippen LogP contribution in [0.2, 0.25) is 0 Å². The van der Waals surface area contributed by atoms with Gasteiger partial charge >= 0.3 is 0 Å². The smallest absolute Gasteiger partial charge is 0.115 e. The van der Waals surface area contributed by atoms with E-state index in [0.717, 1.165) is 25.7 Å². The highest BCUT2D eigenvalue weighted by atomic mass is 16.3. The van der Waals surface area contributed by atoms with Crippen molar-refractivity contribution in [3.8, 4) is 11.5 Å². The van der Waals surface area contributed by atoms with Crippen LogP contribution in [0.25, 0.3) is 0 Å². The molecule has 2 heteroatoms. The molecule has 0 spiro atoms. The van der Waals surface area contributed by atoms with Crippen LogP contribution >= 0.6 is 0 Å². The fourth-order valence-corrected chi connectivity index (χ4v) is 3.22. The van der Waals surface area contributed by atoms with Gasteiger partial charge in [-0.15, -0.1) is 0 Å². The number of phenols is 2. The Kier molecular flexibility index (Phi) is 5.73. The molecule has 1 atom stereocenters. The van der Waals surface area contributed by atoms with Crippen LogP contribution in [0.5, 0.6) is 11.5 Å². The lowest BCUT2D eigenvalue weighted by Gasteiger charge is -2.18. The predicted octanol–water partition coefficient (Wildman–Crippen LogP) is 5.13. The van der Waals surface area contributed by atoms with Gasteiger partial charge in [0, 0.05) is 0 Å². The van der Waals surface area contributed by atoms with Crippen LogP contribution in [-0.2, 0) is 19.3 Å². The van der Waals surface area contributed by atoms with Gasteiger partial charge in [0.2, 0.25) is 0 Å². The van der Waals surface area contributed by atoms with Gasteiger partial charge in [0.15, 0.2) is 0 Å². The summed E-state index contributed by atoms with van der Waals surface area (Å²) in [5.41, 5.74) is 3.86. The molecule has 0 aliphatic heterocycles. The highest BCUT2D eigenvalue weighted by Gasteiger charge is 2.12. The monoisotopic (exact) mass is 332 g/mol. The van der Waals surface area contributed by atoms with Gasteiger partial charge in [0.1, 0.15) is 11.5 Å². The molecule has 0 aliphatic rings. The van der Waals surface area contributed by atoms with Crippen molar-refractivity contribution in [2.45, 2.75) is 25.7 Å². The van der Waals surface area contributed by atoms with Crippen molar-refractivity contribution in [2.24, 2.45) is 5.92 Å². The van der Waals surface area contributed by atoms with Crippen LogP contribution in [0.4, 0.5) is 0 Å². The number of benzene rings is 3. The van der Waals surface area contributed by atoms with E-state index < -0.39 is 0 Å². The van der Waals surface area contributed by atoms with Crippen LogP contribution < -0.4 is 0 Å². The standard InChI is InChI=1S/C23H24O2/c24-22-12-8-18(9-13-22)6-7-21(16-19-4-2-1-3-5-19)17-20-10-14-23(25)15-11-20/h1-5,8-15,21,24-25H,6-7,16-17H2. The van der Waals surface area contributed by atoms with Crippen molar-refractivity contribution in [3.63, 3.8) is 0 Å². The highest BCUT2D eigenvalue weighted by Crippen LogP contribution is 2.22. The molecule has 128 valence electrons. The second-order valence-corrected chi connectivity index (χ2v) is 6.63. The molecule has 1 unspecified atom stereocenters. The lowest BCUT2D eigenvalue weighted by Crippen LogP contribution is -2.10. The normalized spacial score (nSPS) is 12.0. The van der Waals surface area contributed by atoms with E-state index in [1.807, 2.05) is 24.3 Å². The van der Waals surface area contributed by atoms with Crippen LogP contribution in [0.1, 0.15) is 23.1 Å². The third kappa shape index (κ3) is 5.39. The van der Waals surface area contributed by atoms with E-state index >= 15 is 0 Å². The zero-order chi connectivity index (χ0) is 17.5. The summed E-state index contributed by atoms with van der Waals surface area (Å²) in [6, 6.07) is 25.6. The summed E-state index contributed by atoms with van der Waals surface area (Å²) in [5.74, 6) is 1.15. The number of hydrogen-bond donors (Lipinski definition) is 2. The van der Waals surface area contributed by atoms with Gasteiger partial charge in [-0.3, -0.25) is 0 Å². The maximum atomic E-state index is 9.48. The molecule has 0 saturated heterocycles. The fourth-order valence-electron chi connectivity index (χ4n) is 3.22. The van der Waals surface area contributed by atoms with Crippen LogP contribution in [0.3, 0.4) is 0 Å². The van der Waals surface area contributed by atoms with Gasteiger partial charge in [-0.25, -0.2) is 0 Å². The Balaban J connectivity index is 1.68. The fraction of sp³-hybridized carbons (Fsp3) is 0.217. The molecule has 3 rings (SSSR count). The lowest BCUT2D eigenvalue weighted by molar-refractivity contribution is 0.468. The summed E-state index contributed by atoms with van der Waals surface area (Å²) < 4.78 is 0. The summed E-state index contributed by atoms with van der Waals surface area (Å²) in [6.07, 6.45) is 4.11. The molecule has 25 heavy (non-hydrogen) atoms. The molecule has 3 aromatic rings. The third-order valence-electron chi connectivity index (χ3n) is 4.61. The minimum absolute atomic E-state index is 0.312. The molecule has 0 bridgehead atoms.